The number of halogens is 1. The molecule has 0 fully saturated rings. The van der Waals surface area contributed by atoms with Gasteiger partial charge in [-0.2, -0.15) is 10.4 Å². The highest BCUT2D eigenvalue weighted by Crippen LogP contribution is 2.27. The molecule has 9 nitrogen and oxygen atoms in total. The van der Waals surface area contributed by atoms with Gasteiger partial charge in [0.1, 0.15) is 6.04 Å². The van der Waals surface area contributed by atoms with Gasteiger partial charge >= 0.3 is 0 Å². The summed E-state index contributed by atoms with van der Waals surface area (Å²) < 4.78 is 1.60. The van der Waals surface area contributed by atoms with Gasteiger partial charge in [-0.25, -0.2) is 9.97 Å². The molecule has 2 aromatic heterocycles. The van der Waals surface area contributed by atoms with Crippen molar-refractivity contribution in [1.82, 2.24) is 25.1 Å². The highest BCUT2D eigenvalue weighted by Gasteiger charge is 2.13. The van der Waals surface area contributed by atoms with E-state index in [4.69, 9.17) is 22.0 Å². The fourth-order valence-electron chi connectivity index (χ4n) is 2.66. The average Bonchev–Trinajstić information content (AvgIpc) is 3.20. The van der Waals surface area contributed by atoms with Gasteiger partial charge in [0, 0.05) is 17.3 Å². The van der Waals surface area contributed by atoms with Crippen LogP contribution in [-0.4, -0.2) is 43.4 Å². The van der Waals surface area contributed by atoms with Crippen LogP contribution in [0.4, 0.5) is 11.6 Å². The Hall–Kier alpha value is -3.48. The Kier molecular flexibility index (Phi) is 6.95. The molecule has 0 bridgehead atoms. The fourth-order valence-corrected chi connectivity index (χ4v) is 2.86. The maximum Gasteiger partial charge on any atom is 0.252 e. The van der Waals surface area contributed by atoms with E-state index in [9.17, 15) is 4.79 Å². The van der Waals surface area contributed by atoms with Crippen LogP contribution in [0.2, 0.25) is 5.02 Å². The molecule has 2 heterocycles. The highest BCUT2D eigenvalue weighted by atomic mass is 35.5. The summed E-state index contributed by atoms with van der Waals surface area (Å²) in [5, 5.41) is 28.2. The van der Waals surface area contributed by atoms with Crippen molar-refractivity contribution in [2.24, 2.45) is 0 Å². The molecular formula is C20H20ClN7O2. The summed E-state index contributed by atoms with van der Waals surface area (Å²) in [7, 11) is 0. The van der Waals surface area contributed by atoms with Crippen molar-refractivity contribution in [2.75, 3.05) is 11.9 Å². The van der Waals surface area contributed by atoms with Crippen LogP contribution in [0.25, 0.3) is 11.3 Å². The smallest absolute Gasteiger partial charge is 0.252 e. The Morgan fingerprint density at radius 1 is 1.33 bits per heavy atom. The molecule has 0 saturated carbocycles. The normalized spacial score (nSPS) is 11.5. The summed E-state index contributed by atoms with van der Waals surface area (Å²) in [5.74, 6) is 0.0190. The largest absolute Gasteiger partial charge is 0.394 e. The number of aromatic nitrogens is 4. The third-order valence-electron chi connectivity index (χ3n) is 4.25. The van der Waals surface area contributed by atoms with E-state index in [-0.39, 0.29) is 12.5 Å². The van der Waals surface area contributed by atoms with Crippen LogP contribution in [0.1, 0.15) is 23.7 Å². The van der Waals surface area contributed by atoms with Gasteiger partial charge in [0.05, 0.1) is 48.0 Å². The zero-order valence-electron chi connectivity index (χ0n) is 16.2. The molecule has 0 unspecified atom stereocenters. The van der Waals surface area contributed by atoms with Gasteiger partial charge in [-0.1, -0.05) is 30.7 Å². The van der Waals surface area contributed by atoms with Crippen molar-refractivity contribution < 1.29 is 9.90 Å². The van der Waals surface area contributed by atoms with Crippen LogP contribution >= 0.6 is 11.6 Å². The highest BCUT2D eigenvalue weighted by molar-refractivity contribution is 6.32. The number of nitriles is 1. The van der Waals surface area contributed by atoms with Gasteiger partial charge in [0.2, 0.25) is 5.95 Å². The molecule has 0 spiro atoms. The minimum Gasteiger partial charge on any atom is -0.394 e. The molecule has 30 heavy (non-hydrogen) atoms. The molecule has 0 aliphatic carbocycles. The van der Waals surface area contributed by atoms with Gasteiger partial charge in [-0.15, -0.1) is 0 Å². The standard InChI is InChI=1S/C20H20ClN7O2/c1-2-15(9-22)25-19(30)14-5-3-13(4-6-14)18-17(21)11-23-20(27-18)26-16-10-24-28(12-16)7-8-29/h3-6,10-12,15,29H,2,7-8H2,1H3,(H,25,30)(H,23,26,27)/t15-/m0/s1. The molecule has 0 aliphatic heterocycles. The maximum absolute atomic E-state index is 12.2. The van der Waals surface area contributed by atoms with E-state index in [0.717, 1.165) is 0 Å². The first-order chi connectivity index (χ1) is 14.5. The lowest BCUT2D eigenvalue weighted by Gasteiger charge is -2.10. The van der Waals surface area contributed by atoms with E-state index in [2.05, 4.69) is 25.7 Å². The monoisotopic (exact) mass is 425 g/mol. The Labute approximate surface area is 178 Å². The number of nitrogens with one attached hydrogen (secondary N) is 2. The summed E-state index contributed by atoms with van der Waals surface area (Å²) in [4.78, 5) is 20.9. The Balaban J connectivity index is 1.77. The Morgan fingerprint density at radius 3 is 2.77 bits per heavy atom. The quantitative estimate of drug-likeness (QED) is 0.506. The summed E-state index contributed by atoms with van der Waals surface area (Å²) in [6, 6.07) is 8.29. The number of carbonyl (C=O) groups is 1. The van der Waals surface area contributed by atoms with Gasteiger partial charge in [-0.05, 0) is 18.6 Å². The SMILES string of the molecule is CC[C@@H](C#N)NC(=O)c1ccc(-c2nc(Nc3cnn(CCO)c3)ncc2Cl)cc1. The molecule has 1 amide bonds. The lowest BCUT2D eigenvalue weighted by Crippen LogP contribution is -2.33. The maximum atomic E-state index is 12.2. The molecule has 3 aromatic rings. The number of rotatable bonds is 8. The number of hydrogen-bond donors (Lipinski definition) is 3. The predicted molar refractivity (Wildman–Crippen MR) is 112 cm³/mol. The Bertz CT molecular complexity index is 1060. The summed E-state index contributed by atoms with van der Waals surface area (Å²) in [6.07, 6.45) is 5.35. The zero-order valence-corrected chi connectivity index (χ0v) is 17.0. The number of aliphatic hydroxyl groups is 1. The van der Waals surface area contributed by atoms with E-state index in [0.29, 0.717) is 46.4 Å². The first-order valence-electron chi connectivity index (χ1n) is 9.27. The number of amides is 1. The first-order valence-corrected chi connectivity index (χ1v) is 9.65. The van der Waals surface area contributed by atoms with E-state index >= 15 is 0 Å². The van der Waals surface area contributed by atoms with Crippen LogP contribution in [0.3, 0.4) is 0 Å². The van der Waals surface area contributed by atoms with Crippen LogP contribution in [0, 0.1) is 11.3 Å². The molecule has 0 saturated heterocycles. The molecule has 154 valence electrons. The average molecular weight is 426 g/mol. The van der Waals surface area contributed by atoms with Gasteiger partial charge in [0.15, 0.2) is 0 Å². The van der Waals surface area contributed by atoms with Crippen molar-refractivity contribution in [3.63, 3.8) is 0 Å². The predicted octanol–water partition coefficient (Wildman–Crippen LogP) is 2.76. The van der Waals surface area contributed by atoms with E-state index < -0.39 is 6.04 Å². The lowest BCUT2D eigenvalue weighted by molar-refractivity contribution is 0.0944. The van der Waals surface area contributed by atoms with E-state index in [1.54, 1.807) is 41.3 Å². The number of aliphatic hydroxyl groups excluding tert-OH is 1. The lowest BCUT2D eigenvalue weighted by atomic mass is 10.1. The van der Waals surface area contributed by atoms with Crippen molar-refractivity contribution >= 4 is 29.1 Å². The molecule has 3 N–H and O–H groups in total. The van der Waals surface area contributed by atoms with Gasteiger partial charge in [0.25, 0.3) is 5.91 Å². The number of nitrogens with zero attached hydrogens (tertiary/aromatic N) is 5. The summed E-state index contributed by atoms with van der Waals surface area (Å²) >= 11 is 6.28. The fraction of sp³-hybridized carbons (Fsp3) is 0.250. The van der Waals surface area contributed by atoms with Crippen LogP contribution in [-0.2, 0) is 6.54 Å². The molecule has 0 aliphatic rings. The topological polar surface area (TPSA) is 129 Å². The van der Waals surface area contributed by atoms with Crippen molar-refractivity contribution in [3.8, 4) is 17.3 Å². The Morgan fingerprint density at radius 2 is 2.10 bits per heavy atom. The second kappa shape index (κ2) is 9.82. The second-order valence-corrected chi connectivity index (χ2v) is 6.78. The van der Waals surface area contributed by atoms with Crippen LogP contribution in [0.15, 0.2) is 42.9 Å². The molecule has 0 radical (unpaired) electrons. The summed E-state index contributed by atoms with van der Waals surface area (Å²) in [6.45, 7) is 2.21. The van der Waals surface area contributed by atoms with Crippen LogP contribution < -0.4 is 10.6 Å². The summed E-state index contributed by atoms with van der Waals surface area (Å²) in [5.41, 5.74) is 2.33. The van der Waals surface area contributed by atoms with E-state index in [1.807, 2.05) is 13.0 Å². The second-order valence-electron chi connectivity index (χ2n) is 6.37. The van der Waals surface area contributed by atoms with Gasteiger partial charge < -0.3 is 15.7 Å². The van der Waals surface area contributed by atoms with Crippen LogP contribution in [0.5, 0.6) is 0 Å². The van der Waals surface area contributed by atoms with Crippen molar-refractivity contribution in [3.05, 3.63) is 53.4 Å². The molecule has 1 atom stereocenters. The first kappa shape index (κ1) is 21.2. The zero-order chi connectivity index (χ0) is 21.5. The van der Waals surface area contributed by atoms with Gasteiger partial charge in [-0.3, -0.25) is 9.48 Å². The van der Waals surface area contributed by atoms with Crippen molar-refractivity contribution in [1.29, 1.82) is 5.26 Å². The number of hydrogen-bond acceptors (Lipinski definition) is 7. The molecule has 1 aromatic carbocycles. The molecule has 10 heteroatoms. The minimum absolute atomic E-state index is 0.00760. The third-order valence-corrected chi connectivity index (χ3v) is 4.53. The number of carbonyl (C=O) groups excluding carboxylic acids is 1. The molecule has 3 rings (SSSR count). The molecular weight excluding hydrogens is 406 g/mol. The number of benzene rings is 1. The number of anilines is 2. The van der Waals surface area contributed by atoms with E-state index in [1.165, 1.54) is 6.20 Å². The minimum atomic E-state index is -0.524. The van der Waals surface area contributed by atoms with Crippen molar-refractivity contribution in [2.45, 2.75) is 25.9 Å². The third kappa shape index (κ3) is 5.11.